The molecule has 8 nitrogen and oxygen atoms in total. The fourth-order valence-electron chi connectivity index (χ4n) is 2.84. The van der Waals surface area contributed by atoms with Gasteiger partial charge in [0.25, 0.3) is 17.1 Å². The van der Waals surface area contributed by atoms with Gasteiger partial charge in [-0.25, -0.2) is 0 Å². The minimum absolute atomic E-state index is 0.154. The van der Waals surface area contributed by atoms with E-state index in [0.717, 1.165) is 16.7 Å². The van der Waals surface area contributed by atoms with Crippen molar-refractivity contribution < 1.29 is 28.7 Å². The lowest BCUT2D eigenvalue weighted by Crippen LogP contribution is -2.35. The van der Waals surface area contributed by atoms with Crippen LogP contribution in [0.4, 0.5) is 10.5 Å². The molecule has 172 valence electrons. The second kappa shape index (κ2) is 11.3. The Kier molecular flexibility index (Phi) is 8.26. The van der Waals surface area contributed by atoms with E-state index in [0.29, 0.717) is 23.4 Å². The molecule has 1 aliphatic heterocycles. The Morgan fingerprint density at radius 1 is 1.09 bits per heavy atom. The van der Waals surface area contributed by atoms with E-state index in [4.69, 9.17) is 9.47 Å². The predicted octanol–water partition coefficient (Wildman–Crippen LogP) is 4.08. The van der Waals surface area contributed by atoms with Gasteiger partial charge in [0, 0.05) is 11.3 Å². The van der Waals surface area contributed by atoms with Crippen molar-refractivity contribution in [2.75, 3.05) is 18.5 Å². The molecule has 1 heterocycles. The Morgan fingerprint density at radius 3 is 2.52 bits per heavy atom. The number of para-hydroxylation sites is 2. The molecule has 1 N–H and O–H groups in total. The molecular weight excluding hydrogens is 444 g/mol. The first-order valence-corrected chi connectivity index (χ1v) is 11.2. The lowest BCUT2D eigenvalue weighted by atomic mass is 10.2. The van der Waals surface area contributed by atoms with E-state index in [1.165, 1.54) is 6.08 Å². The van der Waals surface area contributed by atoms with Crippen LogP contribution in [-0.2, 0) is 19.1 Å². The van der Waals surface area contributed by atoms with Crippen LogP contribution in [0, 0.1) is 0 Å². The number of amides is 3. The number of nitrogens with one attached hydrogen (secondary N) is 1. The normalized spacial score (nSPS) is 15.5. The van der Waals surface area contributed by atoms with E-state index in [2.05, 4.69) is 5.32 Å². The number of esters is 1. The zero-order valence-corrected chi connectivity index (χ0v) is 19.1. The number of imide groups is 1. The van der Waals surface area contributed by atoms with Gasteiger partial charge in [-0.2, -0.15) is 0 Å². The zero-order valence-electron chi connectivity index (χ0n) is 18.3. The molecule has 9 heteroatoms. The number of carbonyl (C=O) groups is 4. The van der Waals surface area contributed by atoms with Gasteiger partial charge in [0.1, 0.15) is 12.3 Å². The van der Waals surface area contributed by atoms with E-state index >= 15 is 0 Å². The van der Waals surface area contributed by atoms with Crippen molar-refractivity contribution in [2.45, 2.75) is 26.4 Å². The summed E-state index contributed by atoms with van der Waals surface area (Å²) in [5.41, 5.74) is 1.18. The number of ether oxygens (including phenoxy) is 2. The highest BCUT2D eigenvalue weighted by molar-refractivity contribution is 8.18. The number of rotatable bonds is 9. The minimum Gasteiger partial charge on any atom is -0.483 e. The summed E-state index contributed by atoms with van der Waals surface area (Å²) in [6.45, 7) is 2.93. The molecule has 1 fully saturated rings. The van der Waals surface area contributed by atoms with Gasteiger partial charge >= 0.3 is 5.97 Å². The number of carbonyl (C=O) groups excluding carboxylic acids is 4. The van der Waals surface area contributed by atoms with E-state index in [1.54, 1.807) is 43.3 Å². The highest BCUT2D eigenvalue weighted by atomic mass is 32.2. The molecule has 0 radical (unpaired) electrons. The second-order valence-electron chi connectivity index (χ2n) is 7.22. The summed E-state index contributed by atoms with van der Waals surface area (Å²) >= 11 is 0.734. The minimum atomic E-state index is -0.638. The standard InChI is InChI=1S/C24H24N2O6S/c1-3-16(2)32-22(28)14-26-23(29)20(33-24(26)30)13-17-9-7-8-12-19(17)31-15-21(27)25-18-10-5-4-6-11-18/h4-13,16H,3,14-15H2,1-2H3,(H,25,27)/b20-13+/t16-/m1/s1. The van der Waals surface area contributed by atoms with Gasteiger partial charge in [0.15, 0.2) is 6.61 Å². The quantitative estimate of drug-likeness (QED) is 0.437. The topological polar surface area (TPSA) is 102 Å². The van der Waals surface area contributed by atoms with Gasteiger partial charge in [0.2, 0.25) is 0 Å². The van der Waals surface area contributed by atoms with Crippen LogP contribution in [-0.4, -0.2) is 47.2 Å². The van der Waals surface area contributed by atoms with Crippen LogP contribution in [0.15, 0.2) is 59.5 Å². The van der Waals surface area contributed by atoms with Crippen molar-refractivity contribution in [1.29, 1.82) is 0 Å². The molecule has 3 rings (SSSR count). The molecule has 1 aliphatic rings. The average molecular weight is 469 g/mol. The molecule has 0 unspecified atom stereocenters. The van der Waals surface area contributed by atoms with Crippen molar-refractivity contribution in [2.24, 2.45) is 0 Å². The summed E-state index contributed by atoms with van der Waals surface area (Å²) in [6.07, 6.45) is 1.85. The van der Waals surface area contributed by atoms with Crippen molar-refractivity contribution in [3.05, 3.63) is 65.1 Å². The van der Waals surface area contributed by atoms with Gasteiger partial charge in [-0.3, -0.25) is 24.1 Å². The van der Waals surface area contributed by atoms with Crippen LogP contribution in [0.1, 0.15) is 25.8 Å². The van der Waals surface area contributed by atoms with Crippen molar-refractivity contribution >= 4 is 46.5 Å². The van der Waals surface area contributed by atoms with E-state index in [-0.39, 0.29) is 23.5 Å². The SMILES string of the molecule is CC[C@@H](C)OC(=O)CN1C(=O)S/C(=C/c2ccccc2OCC(=O)Nc2ccccc2)C1=O. The van der Waals surface area contributed by atoms with Crippen LogP contribution in [0.25, 0.3) is 6.08 Å². The first-order chi connectivity index (χ1) is 15.9. The maximum absolute atomic E-state index is 12.7. The largest absolute Gasteiger partial charge is 0.483 e. The molecule has 0 bridgehead atoms. The van der Waals surface area contributed by atoms with Gasteiger partial charge in [-0.15, -0.1) is 0 Å². The molecular formula is C24H24N2O6S. The summed E-state index contributed by atoms with van der Waals surface area (Å²) in [6, 6.07) is 15.8. The van der Waals surface area contributed by atoms with Crippen LogP contribution in [0.2, 0.25) is 0 Å². The first-order valence-electron chi connectivity index (χ1n) is 10.4. The molecule has 0 saturated carbocycles. The summed E-state index contributed by atoms with van der Waals surface area (Å²) in [5, 5.41) is 2.18. The second-order valence-corrected chi connectivity index (χ2v) is 8.21. The number of hydrogen-bond donors (Lipinski definition) is 1. The highest BCUT2D eigenvalue weighted by Gasteiger charge is 2.37. The first kappa shape index (κ1) is 24.1. The highest BCUT2D eigenvalue weighted by Crippen LogP contribution is 2.34. The Morgan fingerprint density at radius 2 is 1.79 bits per heavy atom. The molecule has 1 saturated heterocycles. The maximum Gasteiger partial charge on any atom is 0.326 e. The van der Waals surface area contributed by atoms with Crippen LogP contribution in [0.5, 0.6) is 5.75 Å². The number of thioether (sulfide) groups is 1. The predicted molar refractivity (Wildman–Crippen MR) is 126 cm³/mol. The smallest absolute Gasteiger partial charge is 0.326 e. The third-order valence-electron chi connectivity index (χ3n) is 4.69. The molecule has 2 aromatic rings. The van der Waals surface area contributed by atoms with E-state index in [1.807, 2.05) is 25.1 Å². The van der Waals surface area contributed by atoms with Crippen LogP contribution < -0.4 is 10.1 Å². The fraction of sp³-hybridized carbons (Fsp3) is 0.250. The Balaban J connectivity index is 1.66. The fourth-order valence-corrected chi connectivity index (χ4v) is 3.67. The van der Waals surface area contributed by atoms with Gasteiger partial charge in [-0.05, 0) is 49.4 Å². The van der Waals surface area contributed by atoms with Crippen molar-refractivity contribution in [3.63, 3.8) is 0 Å². The lowest BCUT2D eigenvalue weighted by molar-refractivity contribution is -0.150. The molecule has 0 aliphatic carbocycles. The number of nitrogens with zero attached hydrogens (tertiary/aromatic N) is 1. The Labute approximate surface area is 195 Å². The van der Waals surface area contributed by atoms with E-state index in [9.17, 15) is 19.2 Å². The summed E-state index contributed by atoms with van der Waals surface area (Å²) in [5.74, 6) is -1.18. The van der Waals surface area contributed by atoms with Gasteiger partial charge in [-0.1, -0.05) is 43.3 Å². The maximum atomic E-state index is 12.7. The third kappa shape index (κ3) is 6.69. The van der Waals surface area contributed by atoms with Gasteiger partial charge < -0.3 is 14.8 Å². The molecule has 33 heavy (non-hydrogen) atoms. The monoisotopic (exact) mass is 468 g/mol. The van der Waals surface area contributed by atoms with Crippen molar-refractivity contribution in [3.8, 4) is 5.75 Å². The lowest BCUT2D eigenvalue weighted by Gasteiger charge is -2.15. The third-order valence-corrected chi connectivity index (χ3v) is 5.60. The average Bonchev–Trinajstić information content (AvgIpc) is 3.06. The van der Waals surface area contributed by atoms with Crippen LogP contribution in [0.3, 0.4) is 0 Å². The van der Waals surface area contributed by atoms with E-state index < -0.39 is 23.7 Å². The van der Waals surface area contributed by atoms with Crippen molar-refractivity contribution in [1.82, 2.24) is 4.90 Å². The Hall–Kier alpha value is -3.59. The number of hydrogen-bond acceptors (Lipinski definition) is 7. The number of benzene rings is 2. The molecule has 0 aromatic heterocycles. The number of anilines is 1. The zero-order chi connectivity index (χ0) is 23.8. The molecule has 1 atom stereocenters. The summed E-state index contributed by atoms with van der Waals surface area (Å²) in [7, 11) is 0. The van der Waals surface area contributed by atoms with Gasteiger partial charge in [0.05, 0.1) is 11.0 Å². The van der Waals surface area contributed by atoms with Crippen LogP contribution >= 0.6 is 11.8 Å². The molecule has 3 amide bonds. The summed E-state index contributed by atoms with van der Waals surface area (Å²) < 4.78 is 10.8. The summed E-state index contributed by atoms with van der Waals surface area (Å²) in [4.78, 5) is 50.2. The molecule has 2 aromatic carbocycles. The molecule has 0 spiro atoms. The Bertz CT molecular complexity index is 1070.